The fourth-order valence-corrected chi connectivity index (χ4v) is 1.73. The Morgan fingerprint density at radius 1 is 1.82 bits per heavy atom. The molecular weight excluding hydrogens is 140 g/mol. The summed E-state index contributed by atoms with van der Waals surface area (Å²) in [6.07, 6.45) is 3.45. The predicted molar refractivity (Wildman–Crippen MR) is 43.3 cm³/mol. The minimum absolute atomic E-state index is 0.314. The van der Waals surface area contributed by atoms with Crippen molar-refractivity contribution in [2.45, 2.75) is 26.7 Å². The number of allylic oxidation sites excluding steroid dienone is 2. The topological polar surface area (TPSA) is 37.3 Å². The van der Waals surface area contributed by atoms with Crippen LogP contribution in [0.15, 0.2) is 11.6 Å². The van der Waals surface area contributed by atoms with E-state index in [1.165, 1.54) is 5.57 Å². The van der Waals surface area contributed by atoms with Crippen molar-refractivity contribution in [2.75, 3.05) is 0 Å². The average molecular weight is 154 g/mol. The number of hydrogen-bond donors (Lipinski definition) is 1. The van der Waals surface area contributed by atoms with Crippen LogP contribution in [0.5, 0.6) is 0 Å². The number of carboxylic acids is 1. The second-order valence-corrected chi connectivity index (χ2v) is 3.43. The normalized spacial score (nSPS) is 30.2. The van der Waals surface area contributed by atoms with Crippen molar-refractivity contribution < 1.29 is 9.90 Å². The molecule has 0 aromatic heterocycles. The highest BCUT2D eigenvalue weighted by molar-refractivity contribution is 5.67. The third-order valence-corrected chi connectivity index (χ3v) is 2.31. The molecule has 0 saturated carbocycles. The molecule has 0 fully saturated rings. The first kappa shape index (κ1) is 8.31. The van der Waals surface area contributed by atoms with Crippen molar-refractivity contribution in [3.05, 3.63) is 11.6 Å². The first-order chi connectivity index (χ1) is 5.09. The summed E-state index contributed by atoms with van der Waals surface area (Å²) in [5.74, 6) is 0.114. The van der Waals surface area contributed by atoms with E-state index >= 15 is 0 Å². The van der Waals surface area contributed by atoms with Gasteiger partial charge in [-0.2, -0.15) is 0 Å². The maximum absolute atomic E-state index is 10.4. The van der Waals surface area contributed by atoms with Crippen LogP contribution in [-0.2, 0) is 4.79 Å². The lowest BCUT2D eigenvalue weighted by atomic mass is 9.94. The minimum Gasteiger partial charge on any atom is -0.481 e. The molecule has 0 bridgehead atoms. The Morgan fingerprint density at radius 2 is 2.45 bits per heavy atom. The molecule has 0 heterocycles. The van der Waals surface area contributed by atoms with Gasteiger partial charge < -0.3 is 5.11 Å². The van der Waals surface area contributed by atoms with Gasteiger partial charge in [-0.1, -0.05) is 18.6 Å². The third-order valence-electron chi connectivity index (χ3n) is 2.31. The van der Waals surface area contributed by atoms with E-state index in [1.807, 2.05) is 0 Å². The molecule has 1 rings (SSSR count). The Bertz CT molecular complexity index is 194. The molecule has 1 N–H and O–H groups in total. The van der Waals surface area contributed by atoms with Gasteiger partial charge in [0.05, 0.1) is 0 Å². The summed E-state index contributed by atoms with van der Waals surface area (Å²) in [5, 5.41) is 8.55. The molecule has 0 spiro atoms. The maximum atomic E-state index is 10.4. The van der Waals surface area contributed by atoms with Gasteiger partial charge in [-0.05, 0) is 25.2 Å². The summed E-state index contributed by atoms with van der Waals surface area (Å²) in [4.78, 5) is 10.4. The Labute approximate surface area is 66.9 Å². The largest absolute Gasteiger partial charge is 0.481 e. The van der Waals surface area contributed by atoms with E-state index in [0.29, 0.717) is 18.3 Å². The van der Waals surface area contributed by atoms with Gasteiger partial charge in [-0.3, -0.25) is 4.79 Å². The fraction of sp³-hybridized carbons (Fsp3) is 0.667. The Morgan fingerprint density at radius 3 is 2.82 bits per heavy atom. The summed E-state index contributed by atoms with van der Waals surface area (Å²) >= 11 is 0. The van der Waals surface area contributed by atoms with Crippen molar-refractivity contribution in [2.24, 2.45) is 11.8 Å². The third kappa shape index (κ3) is 2.07. The van der Waals surface area contributed by atoms with Crippen molar-refractivity contribution in [3.63, 3.8) is 0 Å². The van der Waals surface area contributed by atoms with Crippen LogP contribution in [0.3, 0.4) is 0 Å². The quantitative estimate of drug-likeness (QED) is 0.618. The van der Waals surface area contributed by atoms with Gasteiger partial charge in [0.15, 0.2) is 0 Å². The van der Waals surface area contributed by atoms with Crippen LogP contribution in [0.4, 0.5) is 0 Å². The van der Waals surface area contributed by atoms with E-state index in [-0.39, 0.29) is 0 Å². The van der Waals surface area contributed by atoms with E-state index in [2.05, 4.69) is 19.9 Å². The lowest BCUT2D eigenvalue weighted by Crippen LogP contribution is -2.10. The lowest BCUT2D eigenvalue weighted by Gasteiger charge is -2.11. The smallest absolute Gasteiger partial charge is 0.303 e. The van der Waals surface area contributed by atoms with Crippen LogP contribution in [-0.4, -0.2) is 11.1 Å². The Kier molecular flexibility index (Phi) is 2.32. The number of carboxylic acid groups (broad SMARTS) is 1. The van der Waals surface area contributed by atoms with Gasteiger partial charge in [0.1, 0.15) is 0 Å². The van der Waals surface area contributed by atoms with E-state index in [0.717, 1.165) is 6.42 Å². The molecule has 2 unspecified atom stereocenters. The standard InChI is InChI=1S/C9H14O2/c1-6-3-7(2)8(4-6)5-9(10)11/h3,7-8H,4-5H2,1-2H3,(H,10,11). The Hall–Kier alpha value is -0.790. The second kappa shape index (κ2) is 3.07. The van der Waals surface area contributed by atoms with Crippen molar-refractivity contribution in [1.82, 2.24) is 0 Å². The van der Waals surface area contributed by atoms with Crippen molar-refractivity contribution in [1.29, 1.82) is 0 Å². The molecule has 1 aliphatic carbocycles. The van der Waals surface area contributed by atoms with Crippen LogP contribution < -0.4 is 0 Å². The molecule has 0 saturated heterocycles. The summed E-state index contributed by atoms with van der Waals surface area (Å²) < 4.78 is 0. The first-order valence-electron chi connectivity index (χ1n) is 3.98. The zero-order valence-electron chi connectivity index (χ0n) is 7.00. The monoisotopic (exact) mass is 154 g/mol. The molecule has 0 aliphatic heterocycles. The molecule has 1 aliphatic rings. The van der Waals surface area contributed by atoms with E-state index < -0.39 is 5.97 Å². The molecule has 0 aromatic carbocycles. The minimum atomic E-state index is -0.676. The molecule has 0 radical (unpaired) electrons. The van der Waals surface area contributed by atoms with Crippen LogP contribution in [0.1, 0.15) is 26.7 Å². The predicted octanol–water partition coefficient (Wildman–Crippen LogP) is 2.06. The van der Waals surface area contributed by atoms with Crippen molar-refractivity contribution in [3.8, 4) is 0 Å². The average Bonchev–Trinajstić information content (AvgIpc) is 2.09. The maximum Gasteiger partial charge on any atom is 0.303 e. The highest BCUT2D eigenvalue weighted by Crippen LogP contribution is 2.32. The van der Waals surface area contributed by atoms with Gasteiger partial charge in [-0.15, -0.1) is 0 Å². The summed E-state index contributed by atoms with van der Waals surface area (Å²) in [6.45, 7) is 4.16. The molecule has 2 heteroatoms. The first-order valence-corrected chi connectivity index (χ1v) is 3.98. The van der Waals surface area contributed by atoms with E-state index in [4.69, 9.17) is 5.11 Å². The van der Waals surface area contributed by atoms with Gasteiger partial charge in [0.25, 0.3) is 0 Å². The Balaban J connectivity index is 2.46. The second-order valence-electron chi connectivity index (χ2n) is 3.43. The summed E-state index contributed by atoms with van der Waals surface area (Å²) in [5.41, 5.74) is 1.34. The number of aliphatic carboxylic acids is 1. The number of carbonyl (C=O) groups is 1. The van der Waals surface area contributed by atoms with Crippen LogP contribution in [0.2, 0.25) is 0 Å². The van der Waals surface area contributed by atoms with Crippen LogP contribution >= 0.6 is 0 Å². The van der Waals surface area contributed by atoms with Crippen molar-refractivity contribution >= 4 is 5.97 Å². The van der Waals surface area contributed by atoms with E-state index in [9.17, 15) is 4.79 Å². The van der Waals surface area contributed by atoms with Gasteiger partial charge in [-0.25, -0.2) is 0 Å². The van der Waals surface area contributed by atoms with Gasteiger partial charge >= 0.3 is 5.97 Å². The molecule has 2 atom stereocenters. The highest BCUT2D eigenvalue weighted by atomic mass is 16.4. The fourth-order valence-electron chi connectivity index (χ4n) is 1.73. The molecule has 11 heavy (non-hydrogen) atoms. The van der Waals surface area contributed by atoms with Gasteiger partial charge in [0.2, 0.25) is 0 Å². The SMILES string of the molecule is CC1=CC(C)C(CC(=O)O)C1. The summed E-state index contributed by atoms with van der Waals surface area (Å²) in [6, 6.07) is 0. The van der Waals surface area contributed by atoms with E-state index in [1.54, 1.807) is 0 Å². The molecular formula is C9H14O2. The van der Waals surface area contributed by atoms with Crippen LogP contribution in [0, 0.1) is 11.8 Å². The molecule has 0 amide bonds. The zero-order chi connectivity index (χ0) is 8.43. The highest BCUT2D eigenvalue weighted by Gasteiger charge is 2.23. The molecule has 0 aromatic rings. The summed E-state index contributed by atoms with van der Waals surface area (Å²) in [7, 11) is 0. The lowest BCUT2D eigenvalue weighted by molar-refractivity contribution is -0.138. The number of hydrogen-bond acceptors (Lipinski definition) is 1. The van der Waals surface area contributed by atoms with Gasteiger partial charge in [0, 0.05) is 6.42 Å². The molecule has 2 nitrogen and oxygen atoms in total. The number of rotatable bonds is 2. The molecule has 62 valence electrons. The van der Waals surface area contributed by atoms with Crippen LogP contribution in [0.25, 0.3) is 0 Å². The zero-order valence-corrected chi connectivity index (χ0v) is 7.00.